The van der Waals surface area contributed by atoms with E-state index >= 15 is 0 Å². The molecule has 7 heteroatoms. The third-order valence-electron chi connectivity index (χ3n) is 3.84. The minimum Gasteiger partial charge on any atom is -0.344 e. The van der Waals surface area contributed by atoms with Gasteiger partial charge in [-0.15, -0.1) is 0 Å². The maximum atomic E-state index is 12.4. The number of rotatable bonds is 3. The number of carbonyl (C=O) groups is 1. The molecule has 1 unspecified atom stereocenters. The molecule has 1 aromatic carbocycles. The summed E-state index contributed by atoms with van der Waals surface area (Å²) in [6.45, 7) is 1.88. The van der Waals surface area contributed by atoms with Crippen molar-refractivity contribution < 1.29 is 13.2 Å². The smallest absolute Gasteiger partial charge is 0.272 e. The molecule has 22 heavy (non-hydrogen) atoms. The standard InChI is InChI=1S/C15H17N3O3S/c1-10(11-5-3-2-4-6-11)16-15(19)14-12-9-22(20,21)8-7-13(12)17-18-14/h2-6,10H,7-9H2,1H3,(H,16,19)(H,17,18). The quantitative estimate of drug-likeness (QED) is 0.894. The largest absolute Gasteiger partial charge is 0.344 e. The van der Waals surface area contributed by atoms with Crippen molar-refractivity contribution in [3.63, 3.8) is 0 Å². The van der Waals surface area contributed by atoms with E-state index in [0.29, 0.717) is 12.0 Å². The van der Waals surface area contributed by atoms with Gasteiger partial charge in [-0.3, -0.25) is 9.89 Å². The highest BCUT2D eigenvalue weighted by Gasteiger charge is 2.29. The van der Waals surface area contributed by atoms with Crippen LogP contribution >= 0.6 is 0 Å². The molecule has 1 aliphatic rings. The Morgan fingerprint density at radius 1 is 1.32 bits per heavy atom. The number of fused-ring (bicyclic) bond motifs is 1. The first-order valence-electron chi connectivity index (χ1n) is 7.08. The van der Waals surface area contributed by atoms with Gasteiger partial charge in [0.2, 0.25) is 0 Å². The predicted molar refractivity (Wildman–Crippen MR) is 82.1 cm³/mol. The number of carbonyl (C=O) groups excluding carboxylic acids is 1. The SMILES string of the molecule is CC(NC(=O)c1n[nH]c2c1CS(=O)(=O)CC2)c1ccccc1. The first-order valence-corrected chi connectivity index (χ1v) is 8.91. The zero-order valence-electron chi connectivity index (χ0n) is 12.2. The molecule has 0 fully saturated rings. The molecule has 6 nitrogen and oxygen atoms in total. The molecule has 1 amide bonds. The van der Waals surface area contributed by atoms with E-state index in [0.717, 1.165) is 11.3 Å². The third-order valence-corrected chi connectivity index (χ3v) is 5.40. The van der Waals surface area contributed by atoms with E-state index in [2.05, 4.69) is 15.5 Å². The van der Waals surface area contributed by atoms with Crippen LogP contribution in [0.15, 0.2) is 30.3 Å². The molecule has 1 aliphatic heterocycles. The summed E-state index contributed by atoms with van der Waals surface area (Å²) in [6.07, 6.45) is 0.381. The molecule has 0 bridgehead atoms. The number of nitrogens with one attached hydrogen (secondary N) is 2. The fourth-order valence-electron chi connectivity index (χ4n) is 2.59. The molecule has 0 saturated heterocycles. The Kier molecular flexibility index (Phi) is 3.74. The number of aromatic nitrogens is 2. The van der Waals surface area contributed by atoms with Crippen molar-refractivity contribution in [1.82, 2.24) is 15.5 Å². The lowest BCUT2D eigenvalue weighted by molar-refractivity contribution is 0.0934. The fraction of sp³-hybridized carbons (Fsp3) is 0.333. The highest BCUT2D eigenvalue weighted by atomic mass is 32.2. The Morgan fingerprint density at radius 3 is 2.77 bits per heavy atom. The van der Waals surface area contributed by atoms with Crippen LogP contribution in [0.2, 0.25) is 0 Å². The van der Waals surface area contributed by atoms with Crippen LogP contribution in [0.3, 0.4) is 0 Å². The van der Waals surface area contributed by atoms with Crippen LogP contribution in [0.1, 0.15) is 40.3 Å². The number of amides is 1. The molecule has 2 aromatic rings. The van der Waals surface area contributed by atoms with Crippen molar-refractivity contribution in [2.45, 2.75) is 25.1 Å². The van der Waals surface area contributed by atoms with Gasteiger partial charge in [-0.05, 0) is 12.5 Å². The van der Waals surface area contributed by atoms with Crippen molar-refractivity contribution in [1.29, 1.82) is 0 Å². The molecule has 2 N–H and O–H groups in total. The summed E-state index contributed by atoms with van der Waals surface area (Å²) in [7, 11) is -3.14. The first-order chi connectivity index (χ1) is 10.5. The lowest BCUT2D eigenvalue weighted by Gasteiger charge is -2.15. The van der Waals surface area contributed by atoms with Crippen LogP contribution in [0.4, 0.5) is 0 Å². The second-order valence-electron chi connectivity index (χ2n) is 5.48. The lowest BCUT2D eigenvalue weighted by Crippen LogP contribution is -2.29. The molecule has 3 rings (SSSR count). The minimum absolute atomic E-state index is 0.101. The summed E-state index contributed by atoms with van der Waals surface area (Å²) in [5.41, 5.74) is 2.41. The van der Waals surface area contributed by atoms with E-state index in [4.69, 9.17) is 0 Å². The minimum atomic E-state index is -3.14. The predicted octanol–water partition coefficient (Wildman–Crippen LogP) is 1.37. The zero-order valence-corrected chi connectivity index (χ0v) is 13.0. The van der Waals surface area contributed by atoms with E-state index < -0.39 is 9.84 Å². The van der Waals surface area contributed by atoms with Crippen LogP contribution in [-0.4, -0.2) is 30.3 Å². The monoisotopic (exact) mass is 319 g/mol. The third kappa shape index (κ3) is 2.89. The van der Waals surface area contributed by atoms with E-state index in [1.807, 2.05) is 37.3 Å². The molecular formula is C15H17N3O3S. The summed E-state index contributed by atoms with van der Waals surface area (Å²) < 4.78 is 23.5. The summed E-state index contributed by atoms with van der Waals surface area (Å²) in [5, 5.41) is 9.65. The van der Waals surface area contributed by atoms with E-state index in [9.17, 15) is 13.2 Å². The van der Waals surface area contributed by atoms with Gasteiger partial charge < -0.3 is 5.32 Å². The maximum absolute atomic E-state index is 12.4. The highest BCUT2D eigenvalue weighted by molar-refractivity contribution is 7.90. The van der Waals surface area contributed by atoms with Crippen LogP contribution in [0, 0.1) is 0 Å². The highest BCUT2D eigenvalue weighted by Crippen LogP contribution is 2.22. The second kappa shape index (κ2) is 5.57. The molecule has 0 spiro atoms. The molecule has 2 heterocycles. The van der Waals surface area contributed by atoms with Gasteiger partial charge in [0.15, 0.2) is 15.5 Å². The summed E-state index contributed by atoms with van der Waals surface area (Å²) in [4.78, 5) is 12.4. The van der Waals surface area contributed by atoms with Gasteiger partial charge in [0.1, 0.15) is 0 Å². The van der Waals surface area contributed by atoms with Crippen LogP contribution in [0.5, 0.6) is 0 Å². The average molecular weight is 319 g/mol. The van der Waals surface area contributed by atoms with Crippen molar-refractivity contribution in [2.24, 2.45) is 0 Å². The number of nitrogens with zero attached hydrogens (tertiary/aromatic N) is 1. The first kappa shape index (κ1) is 14.8. The molecule has 0 radical (unpaired) electrons. The Morgan fingerprint density at radius 2 is 2.05 bits per heavy atom. The van der Waals surface area contributed by atoms with Gasteiger partial charge in [-0.25, -0.2) is 8.42 Å². The molecular weight excluding hydrogens is 302 g/mol. The maximum Gasteiger partial charge on any atom is 0.272 e. The van der Waals surface area contributed by atoms with Crippen molar-refractivity contribution in [2.75, 3.05) is 5.75 Å². The lowest BCUT2D eigenvalue weighted by atomic mass is 10.1. The van der Waals surface area contributed by atoms with Crippen molar-refractivity contribution >= 4 is 15.7 Å². The Balaban J connectivity index is 1.81. The summed E-state index contributed by atoms with van der Waals surface area (Å²) in [5.74, 6) is -0.378. The number of hydrogen-bond acceptors (Lipinski definition) is 4. The number of H-pyrrole nitrogens is 1. The normalized spacial score (nSPS) is 17.5. The van der Waals surface area contributed by atoms with Crippen molar-refractivity contribution in [3.8, 4) is 0 Å². The molecule has 1 atom stereocenters. The molecule has 116 valence electrons. The van der Waals surface area contributed by atoms with Crippen LogP contribution < -0.4 is 5.32 Å². The molecule has 0 aliphatic carbocycles. The Hall–Kier alpha value is -2.15. The van der Waals surface area contributed by atoms with Crippen LogP contribution in [-0.2, 0) is 22.0 Å². The molecule has 0 saturated carbocycles. The number of hydrogen-bond donors (Lipinski definition) is 2. The van der Waals surface area contributed by atoms with Gasteiger partial charge in [0.05, 0.1) is 17.5 Å². The summed E-state index contributed by atoms with van der Waals surface area (Å²) in [6, 6.07) is 9.39. The average Bonchev–Trinajstić information content (AvgIpc) is 2.89. The van der Waals surface area contributed by atoms with Gasteiger partial charge in [-0.2, -0.15) is 5.10 Å². The van der Waals surface area contributed by atoms with E-state index in [1.165, 1.54) is 0 Å². The van der Waals surface area contributed by atoms with Crippen LogP contribution in [0.25, 0.3) is 0 Å². The Bertz CT molecular complexity index is 797. The number of sulfone groups is 1. The van der Waals surface area contributed by atoms with Gasteiger partial charge in [-0.1, -0.05) is 30.3 Å². The topological polar surface area (TPSA) is 91.9 Å². The van der Waals surface area contributed by atoms with Gasteiger partial charge >= 0.3 is 0 Å². The Labute approximate surface area is 128 Å². The second-order valence-corrected chi connectivity index (χ2v) is 7.66. The number of aryl methyl sites for hydroxylation is 1. The zero-order chi connectivity index (χ0) is 15.7. The van der Waals surface area contributed by atoms with Crippen molar-refractivity contribution in [3.05, 3.63) is 52.8 Å². The van der Waals surface area contributed by atoms with Gasteiger partial charge in [0.25, 0.3) is 5.91 Å². The number of aromatic amines is 1. The fourth-order valence-corrected chi connectivity index (χ4v) is 4.00. The molecule has 1 aromatic heterocycles. The van der Waals surface area contributed by atoms with Gasteiger partial charge in [0, 0.05) is 17.7 Å². The summed E-state index contributed by atoms with van der Waals surface area (Å²) >= 11 is 0. The van der Waals surface area contributed by atoms with E-state index in [-0.39, 0.29) is 29.1 Å². The van der Waals surface area contributed by atoms with E-state index in [1.54, 1.807) is 0 Å². The number of benzene rings is 1.